The second-order valence-corrected chi connectivity index (χ2v) is 7.82. The van der Waals surface area contributed by atoms with Crippen molar-refractivity contribution in [1.82, 2.24) is 4.90 Å². The summed E-state index contributed by atoms with van der Waals surface area (Å²) in [6.07, 6.45) is 1.21. The van der Waals surface area contributed by atoms with Crippen molar-refractivity contribution in [1.29, 1.82) is 0 Å². The van der Waals surface area contributed by atoms with Crippen molar-refractivity contribution in [3.8, 4) is 5.75 Å². The first kappa shape index (κ1) is 19.1. The fraction of sp³-hybridized carbons (Fsp3) is 0.333. The highest BCUT2D eigenvalue weighted by molar-refractivity contribution is 7.81. The van der Waals surface area contributed by atoms with Crippen LogP contribution < -0.4 is 4.18 Å². The van der Waals surface area contributed by atoms with Crippen molar-refractivity contribution < 1.29 is 21.6 Å². The van der Waals surface area contributed by atoms with E-state index in [1.807, 2.05) is 12.1 Å². The average Bonchev–Trinajstić information content (AvgIpc) is 2.58. The van der Waals surface area contributed by atoms with Gasteiger partial charge < -0.3 is 9.29 Å². The summed E-state index contributed by atoms with van der Waals surface area (Å²) in [6, 6.07) is 13.5. The van der Waals surface area contributed by atoms with Crippen molar-refractivity contribution in [2.24, 2.45) is 0 Å². The second kappa shape index (κ2) is 7.52. The van der Waals surface area contributed by atoms with Crippen LogP contribution in [0.15, 0.2) is 48.5 Å². The molecule has 1 N–H and O–H groups in total. The molecule has 1 fully saturated rings. The highest BCUT2D eigenvalue weighted by atomic mass is 35.5. The molecule has 0 atom stereocenters. The summed E-state index contributed by atoms with van der Waals surface area (Å²) in [7, 11) is -5.01. The molecule has 26 heavy (non-hydrogen) atoms. The number of benzene rings is 2. The molecule has 0 radical (unpaired) electrons. The van der Waals surface area contributed by atoms with Crippen LogP contribution in [0, 0.1) is 0 Å². The molecular weight excluding hydrogens is 381 g/mol. The maximum absolute atomic E-state index is 12.5. The Hall–Kier alpha value is -1.67. The number of likely N-dealkylation sites (tertiary alicyclic amines) is 1. The largest absolute Gasteiger partial charge is 0.488 e. The quantitative estimate of drug-likeness (QED) is 0.780. The number of aliphatic hydroxyl groups is 1. The molecule has 2 aromatic rings. The summed E-state index contributed by atoms with van der Waals surface area (Å²) in [5.41, 5.74) is 0.967. The maximum Gasteiger partial charge on any atom is 0.488 e. The molecule has 0 saturated carbocycles. The number of nitrogens with zero attached hydrogens (tertiary/aromatic N) is 1. The minimum Gasteiger partial charge on any atom is -0.385 e. The SMILES string of the molecule is O=S(=O)(F)Oc1ccc(CN2CCC(O)(c3ccc(Cl)cc3)CC2)cc1. The molecule has 3 rings (SSSR count). The predicted octanol–water partition coefficient (Wildman–Crippen LogP) is 3.42. The van der Waals surface area contributed by atoms with Crippen molar-refractivity contribution in [2.45, 2.75) is 25.0 Å². The van der Waals surface area contributed by atoms with Gasteiger partial charge >= 0.3 is 10.5 Å². The summed E-state index contributed by atoms with van der Waals surface area (Å²) in [6.45, 7) is 2.09. The van der Waals surface area contributed by atoms with Gasteiger partial charge in [0, 0.05) is 24.7 Å². The Labute approximate surface area is 157 Å². The lowest BCUT2D eigenvalue weighted by molar-refractivity contribution is -0.0277. The van der Waals surface area contributed by atoms with Crippen LogP contribution in [-0.4, -0.2) is 31.5 Å². The van der Waals surface area contributed by atoms with E-state index in [4.69, 9.17) is 11.6 Å². The highest BCUT2D eigenvalue weighted by Crippen LogP contribution is 2.33. The molecule has 1 aliphatic heterocycles. The second-order valence-electron chi connectivity index (χ2n) is 6.44. The van der Waals surface area contributed by atoms with Gasteiger partial charge in [-0.3, -0.25) is 4.90 Å². The Bertz CT molecular complexity index is 848. The van der Waals surface area contributed by atoms with Gasteiger partial charge in [0.05, 0.1) is 5.60 Å². The number of halogens is 2. The summed E-state index contributed by atoms with van der Waals surface area (Å²) in [5, 5.41) is 11.5. The Morgan fingerprint density at radius 3 is 2.19 bits per heavy atom. The zero-order valence-corrected chi connectivity index (χ0v) is 15.5. The van der Waals surface area contributed by atoms with Crippen LogP contribution in [0.5, 0.6) is 5.75 Å². The minimum atomic E-state index is -5.01. The minimum absolute atomic E-state index is 0.0630. The summed E-state index contributed by atoms with van der Waals surface area (Å²) >= 11 is 5.90. The Balaban J connectivity index is 1.57. The lowest BCUT2D eigenvalue weighted by atomic mass is 9.84. The molecule has 0 amide bonds. The fourth-order valence-electron chi connectivity index (χ4n) is 3.15. The predicted molar refractivity (Wildman–Crippen MR) is 97.0 cm³/mol. The van der Waals surface area contributed by atoms with E-state index in [0.717, 1.165) is 24.2 Å². The van der Waals surface area contributed by atoms with Crippen LogP contribution in [-0.2, 0) is 22.6 Å². The van der Waals surface area contributed by atoms with Gasteiger partial charge in [0.15, 0.2) is 0 Å². The summed E-state index contributed by atoms with van der Waals surface area (Å²) in [4.78, 5) is 2.20. The number of hydrogen-bond donors (Lipinski definition) is 1. The van der Waals surface area contributed by atoms with Crippen molar-refractivity contribution in [2.75, 3.05) is 13.1 Å². The van der Waals surface area contributed by atoms with Crippen LogP contribution in [0.1, 0.15) is 24.0 Å². The van der Waals surface area contributed by atoms with Gasteiger partial charge in [0.2, 0.25) is 0 Å². The first-order valence-corrected chi connectivity index (χ1v) is 9.86. The third kappa shape index (κ3) is 4.94. The molecule has 1 saturated heterocycles. The number of hydrogen-bond acceptors (Lipinski definition) is 5. The molecule has 1 heterocycles. The van der Waals surface area contributed by atoms with Crippen molar-refractivity contribution in [3.63, 3.8) is 0 Å². The van der Waals surface area contributed by atoms with Crippen molar-refractivity contribution >= 4 is 22.1 Å². The van der Waals surface area contributed by atoms with Crippen LogP contribution in [0.25, 0.3) is 0 Å². The molecule has 0 spiro atoms. The first-order chi connectivity index (χ1) is 12.2. The third-order valence-electron chi connectivity index (χ3n) is 4.59. The van der Waals surface area contributed by atoms with Gasteiger partial charge in [0.1, 0.15) is 5.75 Å². The molecule has 0 unspecified atom stereocenters. The molecule has 0 aliphatic carbocycles. The molecule has 0 aromatic heterocycles. The zero-order chi connectivity index (χ0) is 18.8. The Morgan fingerprint density at radius 1 is 1.08 bits per heavy atom. The van der Waals surface area contributed by atoms with Crippen LogP contribution in [0.2, 0.25) is 5.02 Å². The Kier molecular flexibility index (Phi) is 5.53. The van der Waals surface area contributed by atoms with E-state index in [1.165, 1.54) is 12.1 Å². The van der Waals surface area contributed by atoms with E-state index in [0.29, 0.717) is 24.4 Å². The molecular formula is C18H19ClFNO4S. The average molecular weight is 400 g/mol. The third-order valence-corrected chi connectivity index (χ3v) is 5.23. The van der Waals surface area contributed by atoms with Gasteiger partial charge in [-0.05, 0) is 48.2 Å². The van der Waals surface area contributed by atoms with E-state index in [1.54, 1.807) is 24.3 Å². The van der Waals surface area contributed by atoms with E-state index >= 15 is 0 Å². The van der Waals surface area contributed by atoms with Gasteiger partial charge in [-0.15, -0.1) is 0 Å². The van der Waals surface area contributed by atoms with Crippen molar-refractivity contribution in [3.05, 3.63) is 64.7 Å². The summed E-state index contributed by atoms with van der Waals surface area (Å²) in [5.74, 6) is -0.0630. The molecule has 1 aliphatic rings. The van der Waals surface area contributed by atoms with Crippen LogP contribution in [0.4, 0.5) is 3.89 Å². The van der Waals surface area contributed by atoms with E-state index < -0.39 is 16.1 Å². The lowest BCUT2D eigenvalue weighted by Crippen LogP contribution is -2.42. The molecule has 0 bridgehead atoms. The molecule has 5 nitrogen and oxygen atoms in total. The topological polar surface area (TPSA) is 66.8 Å². The van der Waals surface area contributed by atoms with E-state index in [9.17, 15) is 17.4 Å². The number of rotatable bonds is 5. The van der Waals surface area contributed by atoms with Gasteiger partial charge in [-0.2, -0.15) is 8.42 Å². The normalized spacial score (nSPS) is 17.8. The van der Waals surface area contributed by atoms with Gasteiger partial charge in [0.25, 0.3) is 0 Å². The first-order valence-electron chi connectivity index (χ1n) is 8.17. The highest BCUT2D eigenvalue weighted by Gasteiger charge is 2.33. The van der Waals surface area contributed by atoms with Crippen LogP contribution >= 0.6 is 11.6 Å². The monoisotopic (exact) mass is 399 g/mol. The molecule has 140 valence electrons. The van der Waals surface area contributed by atoms with Gasteiger partial charge in [-0.1, -0.05) is 39.8 Å². The van der Waals surface area contributed by atoms with E-state index in [-0.39, 0.29) is 5.75 Å². The molecule has 2 aromatic carbocycles. The van der Waals surface area contributed by atoms with Crippen LogP contribution in [0.3, 0.4) is 0 Å². The summed E-state index contributed by atoms with van der Waals surface area (Å²) < 4.78 is 37.6. The smallest absolute Gasteiger partial charge is 0.385 e. The van der Waals surface area contributed by atoms with E-state index in [2.05, 4.69) is 9.08 Å². The maximum atomic E-state index is 12.5. The fourth-order valence-corrected chi connectivity index (χ4v) is 3.62. The number of piperidine rings is 1. The lowest BCUT2D eigenvalue weighted by Gasteiger charge is -2.38. The Morgan fingerprint density at radius 2 is 1.65 bits per heavy atom. The zero-order valence-electron chi connectivity index (χ0n) is 13.9. The van der Waals surface area contributed by atoms with Gasteiger partial charge in [-0.25, -0.2) is 0 Å². The standard InChI is InChI=1S/C18H19ClFNO4S/c19-16-5-3-15(4-6-16)18(22)9-11-21(12-10-18)13-14-1-7-17(8-2-14)25-26(20,23)24/h1-8,22H,9-13H2. The molecule has 8 heteroatoms.